The predicted octanol–water partition coefficient (Wildman–Crippen LogP) is 3.85. The van der Waals surface area contributed by atoms with Crippen LogP contribution in [0.15, 0.2) is 48.7 Å². The number of nitriles is 1. The Labute approximate surface area is 136 Å². The second kappa shape index (κ2) is 7.55. The van der Waals surface area contributed by atoms with Crippen LogP contribution < -0.4 is 4.74 Å². The Morgan fingerprint density at radius 1 is 1.17 bits per heavy atom. The van der Waals surface area contributed by atoms with E-state index in [1.807, 2.05) is 30.3 Å². The van der Waals surface area contributed by atoms with E-state index < -0.39 is 12.0 Å². The lowest BCUT2D eigenvalue weighted by Gasteiger charge is -2.17. The average Bonchev–Trinajstić information content (AvgIpc) is 2.56. The van der Waals surface area contributed by atoms with E-state index in [-0.39, 0.29) is 5.78 Å². The van der Waals surface area contributed by atoms with Crippen molar-refractivity contribution in [3.63, 3.8) is 0 Å². The smallest absolute Gasteiger partial charge is 0.196 e. The quantitative estimate of drug-likeness (QED) is 0.813. The van der Waals surface area contributed by atoms with Gasteiger partial charge in [0.15, 0.2) is 17.8 Å². The number of ketones is 1. The molecule has 23 heavy (non-hydrogen) atoms. The molecule has 0 amide bonds. The van der Waals surface area contributed by atoms with Crippen LogP contribution in [0.2, 0.25) is 0 Å². The first kappa shape index (κ1) is 16.7. The van der Waals surface area contributed by atoms with Crippen molar-refractivity contribution in [2.75, 3.05) is 0 Å². The van der Waals surface area contributed by atoms with Crippen LogP contribution in [-0.2, 0) is 4.79 Å². The minimum absolute atomic E-state index is 0.291. The van der Waals surface area contributed by atoms with Gasteiger partial charge in [-0.15, -0.1) is 0 Å². The number of carbonyl (C=O) groups excluding carboxylic acids is 1. The summed E-state index contributed by atoms with van der Waals surface area (Å²) in [6.07, 6.45) is 0.856. The topological polar surface area (TPSA) is 63.0 Å². The summed E-state index contributed by atoms with van der Waals surface area (Å²) in [5.74, 6) is -0.194. The van der Waals surface area contributed by atoms with Gasteiger partial charge in [-0.2, -0.15) is 5.26 Å². The molecule has 2 rings (SSSR count). The largest absolute Gasteiger partial charge is 0.483 e. The number of rotatable bonds is 6. The van der Waals surface area contributed by atoms with Crippen LogP contribution in [0.25, 0.3) is 0 Å². The summed E-state index contributed by atoms with van der Waals surface area (Å²) in [5.41, 5.74) is 1.59. The molecule has 0 N–H and O–H groups in total. The zero-order chi connectivity index (χ0) is 16.8. The summed E-state index contributed by atoms with van der Waals surface area (Å²) in [6, 6.07) is 14.9. The van der Waals surface area contributed by atoms with Crippen LogP contribution in [0.1, 0.15) is 43.9 Å². The lowest BCUT2D eigenvalue weighted by atomic mass is 9.97. The molecule has 4 nitrogen and oxygen atoms in total. The van der Waals surface area contributed by atoms with E-state index in [9.17, 15) is 10.1 Å². The van der Waals surface area contributed by atoms with Gasteiger partial charge in [0.2, 0.25) is 0 Å². The molecule has 1 aromatic heterocycles. The Kier molecular flexibility index (Phi) is 5.48. The molecule has 0 saturated carbocycles. The second-order valence-corrected chi connectivity index (χ2v) is 5.71. The van der Waals surface area contributed by atoms with Crippen molar-refractivity contribution in [2.24, 2.45) is 0 Å². The van der Waals surface area contributed by atoms with Crippen molar-refractivity contribution in [3.05, 3.63) is 59.9 Å². The SMILES string of the molecule is CC(Oc1cccc(C(C)C)c1)C(=O)C(C#N)c1ccccn1. The fraction of sp³-hybridized carbons (Fsp3) is 0.316. The highest BCUT2D eigenvalue weighted by Crippen LogP contribution is 2.23. The lowest BCUT2D eigenvalue weighted by molar-refractivity contribution is -0.125. The minimum atomic E-state index is -0.917. The van der Waals surface area contributed by atoms with Gasteiger partial charge in [0.25, 0.3) is 0 Å². The van der Waals surface area contributed by atoms with E-state index in [2.05, 4.69) is 18.8 Å². The fourth-order valence-corrected chi connectivity index (χ4v) is 2.27. The zero-order valence-corrected chi connectivity index (χ0v) is 13.6. The van der Waals surface area contributed by atoms with E-state index in [1.165, 1.54) is 0 Å². The normalized spacial score (nSPS) is 13.2. The number of benzene rings is 1. The fourth-order valence-electron chi connectivity index (χ4n) is 2.27. The molecule has 0 saturated heterocycles. The minimum Gasteiger partial charge on any atom is -0.483 e. The standard InChI is InChI=1S/C19H20N2O2/c1-13(2)15-7-6-8-16(11-15)23-14(3)19(22)17(12-20)18-9-4-5-10-21-18/h4-11,13-14,17H,1-3H3. The zero-order valence-electron chi connectivity index (χ0n) is 13.6. The van der Waals surface area contributed by atoms with Gasteiger partial charge in [-0.05, 0) is 42.7 Å². The molecule has 1 heterocycles. The number of Topliss-reactive ketones (excluding diaryl/α,β-unsaturated/α-hetero) is 1. The van der Waals surface area contributed by atoms with Gasteiger partial charge in [-0.1, -0.05) is 32.0 Å². The number of ether oxygens (including phenoxy) is 1. The van der Waals surface area contributed by atoms with Crippen LogP contribution >= 0.6 is 0 Å². The number of hydrogen-bond acceptors (Lipinski definition) is 4. The lowest BCUT2D eigenvalue weighted by Crippen LogP contribution is -2.29. The molecule has 0 aliphatic rings. The van der Waals surface area contributed by atoms with Crippen molar-refractivity contribution >= 4 is 5.78 Å². The molecular formula is C19H20N2O2. The molecule has 0 aliphatic carbocycles. The summed E-state index contributed by atoms with van der Waals surface area (Å²) in [5, 5.41) is 9.32. The van der Waals surface area contributed by atoms with E-state index in [1.54, 1.807) is 31.3 Å². The number of carbonyl (C=O) groups is 1. The first-order valence-corrected chi connectivity index (χ1v) is 7.63. The van der Waals surface area contributed by atoms with Crippen LogP contribution in [0.4, 0.5) is 0 Å². The van der Waals surface area contributed by atoms with Crippen LogP contribution in [-0.4, -0.2) is 16.9 Å². The molecule has 0 fully saturated rings. The van der Waals surface area contributed by atoms with Gasteiger partial charge in [-0.3, -0.25) is 9.78 Å². The van der Waals surface area contributed by atoms with E-state index in [4.69, 9.17) is 4.74 Å². The number of hydrogen-bond donors (Lipinski definition) is 0. The van der Waals surface area contributed by atoms with Crippen molar-refractivity contribution in [1.82, 2.24) is 4.98 Å². The van der Waals surface area contributed by atoms with E-state index in [0.29, 0.717) is 17.4 Å². The molecular weight excluding hydrogens is 288 g/mol. The van der Waals surface area contributed by atoms with Gasteiger partial charge < -0.3 is 4.74 Å². The van der Waals surface area contributed by atoms with E-state index in [0.717, 1.165) is 5.56 Å². The highest BCUT2D eigenvalue weighted by Gasteiger charge is 2.27. The van der Waals surface area contributed by atoms with Gasteiger partial charge in [0.05, 0.1) is 11.8 Å². The third kappa shape index (κ3) is 4.17. The number of aromatic nitrogens is 1. The van der Waals surface area contributed by atoms with Crippen molar-refractivity contribution in [1.29, 1.82) is 5.26 Å². The van der Waals surface area contributed by atoms with Crippen LogP contribution in [0.3, 0.4) is 0 Å². The molecule has 2 unspecified atom stereocenters. The van der Waals surface area contributed by atoms with Crippen molar-refractivity contribution in [3.8, 4) is 11.8 Å². The maximum Gasteiger partial charge on any atom is 0.196 e. The second-order valence-electron chi connectivity index (χ2n) is 5.71. The summed E-state index contributed by atoms with van der Waals surface area (Å²) in [7, 11) is 0. The van der Waals surface area contributed by atoms with E-state index >= 15 is 0 Å². The molecule has 118 valence electrons. The van der Waals surface area contributed by atoms with Crippen LogP contribution in [0.5, 0.6) is 5.75 Å². The van der Waals surface area contributed by atoms with Gasteiger partial charge in [-0.25, -0.2) is 0 Å². The Hall–Kier alpha value is -2.67. The third-order valence-electron chi connectivity index (χ3n) is 3.64. The maximum absolute atomic E-state index is 12.5. The third-order valence-corrected chi connectivity index (χ3v) is 3.64. The molecule has 4 heteroatoms. The predicted molar refractivity (Wildman–Crippen MR) is 88.2 cm³/mol. The Morgan fingerprint density at radius 3 is 2.57 bits per heavy atom. The summed E-state index contributed by atoms with van der Waals surface area (Å²) in [4.78, 5) is 16.6. The Balaban J connectivity index is 2.13. The number of pyridine rings is 1. The highest BCUT2D eigenvalue weighted by atomic mass is 16.5. The Morgan fingerprint density at radius 2 is 1.96 bits per heavy atom. The van der Waals surface area contributed by atoms with Crippen LogP contribution in [0, 0.1) is 11.3 Å². The molecule has 0 radical (unpaired) electrons. The molecule has 0 spiro atoms. The molecule has 0 bridgehead atoms. The molecule has 2 atom stereocenters. The Bertz CT molecular complexity index is 705. The first-order valence-electron chi connectivity index (χ1n) is 7.63. The van der Waals surface area contributed by atoms with Gasteiger partial charge in [0, 0.05) is 6.20 Å². The monoisotopic (exact) mass is 308 g/mol. The average molecular weight is 308 g/mol. The van der Waals surface area contributed by atoms with Crippen molar-refractivity contribution in [2.45, 2.75) is 38.7 Å². The highest BCUT2D eigenvalue weighted by molar-refractivity contribution is 5.91. The van der Waals surface area contributed by atoms with Gasteiger partial charge in [0.1, 0.15) is 5.75 Å². The number of nitrogens with zero attached hydrogens (tertiary/aromatic N) is 2. The molecule has 1 aromatic carbocycles. The molecule has 2 aromatic rings. The van der Waals surface area contributed by atoms with Crippen molar-refractivity contribution < 1.29 is 9.53 Å². The summed E-state index contributed by atoms with van der Waals surface area (Å²) in [6.45, 7) is 5.86. The molecule has 0 aliphatic heterocycles. The summed E-state index contributed by atoms with van der Waals surface area (Å²) >= 11 is 0. The summed E-state index contributed by atoms with van der Waals surface area (Å²) < 4.78 is 5.74. The maximum atomic E-state index is 12.5. The van der Waals surface area contributed by atoms with Gasteiger partial charge >= 0.3 is 0 Å². The first-order chi connectivity index (χ1) is 11.0.